The Hall–Kier alpha value is -4.11. The lowest BCUT2D eigenvalue weighted by molar-refractivity contribution is -0.120. The van der Waals surface area contributed by atoms with Crippen molar-refractivity contribution in [1.29, 1.82) is 0 Å². The van der Waals surface area contributed by atoms with Gasteiger partial charge in [-0.2, -0.15) is 0 Å². The third-order valence-electron chi connectivity index (χ3n) is 5.47. The third-order valence-corrected chi connectivity index (χ3v) is 6.39. The summed E-state index contributed by atoms with van der Waals surface area (Å²) in [6.07, 6.45) is 0. The van der Waals surface area contributed by atoms with Gasteiger partial charge in [-0.3, -0.25) is 19.0 Å². The minimum absolute atomic E-state index is 0.0124. The molecule has 0 saturated heterocycles. The van der Waals surface area contributed by atoms with E-state index < -0.39 is 0 Å². The van der Waals surface area contributed by atoms with Gasteiger partial charge in [0.25, 0.3) is 5.56 Å². The summed E-state index contributed by atoms with van der Waals surface area (Å²) in [6, 6.07) is 21.4. The number of aromatic nitrogens is 2. The zero-order valence-corrected chi connectivity index (χ0v) is 19.0. The van der Waals surface area contributed by atoms with Gasteiger partial charge in [-0.05, 0) is 36.4 Å². The average molecular weight is 473 g/mol. The number of ether oxygens (including phenoxy) is 1. The van der Waals surface area contributed by atoms with Crippen LogP contribution in [0.25, 0.3) is 16.6 Å². The molecule has 1 N–H and O–H groups in total. The number of anilines is 2. The molecular formula is C25H20N4O4S. The second-order valence-corrected chi connectivity index (χ2v) is 8.50. The highest BCUT2D eigenvalue weighted by atomic mass is 32.2. The maximum atomic E-state index is 13.5. The Labute approximate surface area is 199 Å². The first-order valence-electron chi connectivity index (χ1n) is 10.5. The number of benzene rings is 3. The van der Waals surface area contributed by atoms with Crippen LogP contribution in [0.5, 0.6) is 5.75 Å². The molecule has 0 radical (unpaired) electrons. The van der Waals surface area contributed by atoms with Crippen molar-refractivity contribution in [2.75, 3.05) is 29.6 Å². The van der Waals surface area contributed by atoms with Crippen molar-refractivity contribution in [1.82, 2.24) is 9.55 Å². The van der Waals surface area contributed by atoms with E-state index in [0.717, 1.165) is 11.8 Å². The largest absolute Gasteiger partial charge is 0.495 e. The van der Waals surface area contributed by atoms with Crippen LogP contribution >= 0.6 is 11.8 Å². The van der Waals surface area contributed by atoms with Crippen LogP contribution in [0.2, 0.25) is 0 Å². The highest BCUT2D eigenvalue weighted by Gasteiger charge is 2.27. The molecule has 0 atom stereocenters. The summed E-state index contributed by atoms with van der Waals surface area (Å²) in [5.41, 5.74) is 2.04. The Bertz CT molecular complexity index is 1480. The van der Waals surface area contributed by atoms with E-state index in [-0.39, 0.29) is 29.7 Å². The van der Waals surface area contributed by atoms with Gasteiger partial charge in [0.05, 0.1) is 40.8 Å². The molecule has 1 aliphatic rings. The van der Waals surface area contributed by atoms with Crippen LogP contribution in [0.3, 0.4) is 0 Å². The zero-order valence-electron chi connectivity index (χ0n) is 18.2. The zero-order chi connectivity index (χ0) is 23.7. The number of amides is 2. The molecule has 5 rings (SSSR count). The fourth-order valence-electron chi connectivity index (χ4n) is 3.90. The molecular weight excluding hydrogens is 452 g/mol. The fourth-order valence-corrected chi connectivity index (χ4v) is 4.78. The number of para-hydroxylation sites is 5. The molecule has 9 heteroatoms. The van der Waals surface area contributed by atoms with Crippen molar-refractivity contribution in [2.24, 2.45) is 0 Å². The predicted molar refractivity (Wildman–Crippen MR) is 132 cm³/mol. The molecule has 0 bridgehead atoms. The number of nitrogens with one attached hydrogen (secondary N) is 1. The van der Waals surface area contributed by atoms with Gasteiger partial charge in [-0.1, -0.05) is 48.2 Å². The standard InChI is InChI=1S/C25H20N4O4S/c1-33-21-13-7-6-12-20(21)29-24(32)16-8-2-3-9-17(16)27-25(29)34-15-23(31)28-14-22(30)26-18-10-4-5-11-19(18)28/h2-13H,14-15H2,1H3,(H,26,30). The lowest BCUT2D eigenvalue weighted by Crippen LogP contribution is -2.43. The molecule has 3 aromatic carbocycles. The summed E-state index contributed by atoms with van der Waals surface area (Å²) < 4.78 is 6.95. The van der Waals surface area contributed by atoms with Gasteiger partial charge in [-0.15, -0.1) is 0 Å². The minimum atomic E-state index is -0.263. The Kier molecular flexibility index (Phi) is 5.77. The number of methoxy groups -OCH3 is 1. The Balaban J connectivity index is 1.54. The van der Waals surface area contributed by atoms with E-state index in [1.54, 1.807) is 48.5 Å². The predicted octanol–water partition coefficient (Wildman–Crippen LogP) is 3.47. The van der Waals surface area contributed by atoms with E-state index in [1.165, 1.54) is 16.6 Å². The van der Waals surface area contributed by atoms with Gasteiger partial charge < -0.3 is 15.0 Å². The smallest absolute Gasteiger partial charge is 0.266 e. The van der Waals surface area contributed by atoms with Crippen molar-refractivity contribution < 1.29 is 14.3 Å². The number of nitrogens with zero attached hydrogens (tertiary/aromatic N) is 3. The Morgan fingerprint density at radius 3 is 2.53 bits per heavy atom. The second-order valence-electron chi connectivity index (χ2n) is 7.56. The van der Waals surface area contributed by atoms with Crippen molar-refractivity contribution >= 4 is 45.9 Å². The van der Waals surface area contributed by atoms with Crippen LogP contribution in [0, 0.1) is 0 Å². The van der Waals surface area contributed by atoms with Gasteiger partial charge in [0.2, 0.25) is 11.8 Å². The molecule has 1 aliphatic heterocycles. The molecule has 8 nitrogen and oxygen atoms in total. The molecule has 1 aromatic heterocycles. The third kappa shape index (κ3) is 3.90. The molecule has 0 unspecified atom stereocenters. The number of carbonyl (C=O) groups is 2. The molecule has 0 aliphatic carbocycles. The van der Waals surface area contributed by atoms with Crippen LogP contribution in [-0.2, 0) is 9.59 Å². The molecule has 2 heterocycles. The van der Waals surface area contributed by atoms with Gasteiger partial charge in [0.1, 0.15) is 12.3 Å². The topological polar surface area (TPSA) is 93.5 Å². The summed E-state index contributed by atoms with van der Waals surface area (Å²) >= 11 is 1.14. The fraction of sp³-hybridized carbons (Fsp3) is 0.120. The van der Waals surface area contributed by atoms with Gasteiger partial charge in [0, 0.05) is 0 Å². The number of thioether (sulfide) groups is 1. The normalized spacial score (nSPS) is 12.9. The summed E-state index contributed by atoms with van der Waals surface area (Å²) in [5.74, 6) is -0.0220. The highest BCUT2D eigenvalue weighted by Crippen LogP contribution is 2.31. The first-order valence-corrected chi connectivity index (χ1v) is 11.5. The van der Waals surface area contributed by atoms with E-state index >= 15 is 0 Å². The van der Waals surface area contributed by atoms with Gasteiger partial charge >= 0.3 is 0 Å². The van der Waals surface area contributed by atoms with E-state index in [0.29, 0.717) is 38.9 Å². The number of rotatable bonds is 5. The van der Waals surface area contributed by atoms with Gasteiger partial charge in [-0.25, -0.2) is 4.98 Å². The van der Waals surface area contributed by atoms with Crippen LogP contribution < -0.4 is 20.5 Å². The molecule has 170 valence electrons. The summed E-state index contributed by atoms with van der Waals surface area (Å²) in [7, 11) is 1.54. The number of hydrogen-bond donors (Lipinski definition) is 1. The maximum Gasteiger partial charge on any atom is 0.266 e. The van der Waals surface area contributed by atoms with Crippen LogP contribution in [-0.4, -0.2) is 40.8 Å². The van der Waals surface area contributed by atoms with Crippen molar-refractivity contribution in [3.8, 4) is 11.4 Å². The quantitative estimate of drug-likeness (QED) is 0.353. The summed E-state index contributed by atoms with van der Waals surface area (Å²) in [5, 5.41) is 3.60. The summed E-state index contributed by atoms with van der Waals surface area (Å²) in [4.78, 5) is 44.9. The van der Waals surface area contributed by atoms with E-state index in [9.17, 15) is 14.4 Å². The van der Waals surface area contributed by atoms with Crippen molar-refractivity contribution in [3.05, 3.63) is 83.2 Å². The first kappa shape index (κ1) is 21.7. The Morgan fingerprint density at radius 1 is 1.00 bits per heavy atom. The van der Waals surface area contributed by atoms with Crippen LogP contribution in [0.4, 0.5) is 11.4 Å². The molecule has 0 fully saturated rings. The van der Waals surface area contributed by atoms with E-state index in [1.807, 2.05) is 24.3 Å². The number of fused-ring (bicyclic) bond motifs is 2. The van der Waals surface area contributed by atoms with E-state index in [2.05, 4.69) is 10.3 Å². The maximum absolute atomic E-state index is 13.5. The molecule has 34 heavy (non-hydrogen) atoms. The first-order chi connectivity index (χ1) is 16.6. The van der Waals surface area contributed by atoms with Crippen LogP contribution in [0.1, 0.15) is 0 Å². The molecule has 0 saturated carbocycles. The van der Waals surface area contributed by atoms with Crippen LogP contribution in [0.15, 0.2) is 82.7 Å². The Morgan fingerprint density at radius 2 is 1.71 bits per heavy atom. The summed E-state index contributed by atoms with van der Waals surface area (Å²) in [6.45, 7) is -0.0686. The van der Waals surface area contributed by atoms with Crippen molar-refractivity contribution in [3.63, 3.8) is 0 Å². The second kappa shape index (κ2) is 9.03. The minimum Gasteiger partial charge on any atom is -0.495 e. The molecule has 2 amide bonds. The molecule has 0 spiro atoms. The van der Waals surface area contributed by atoms with Crippen molar-refractivity contribution in [2.45, 2.75) is 5.16 Å². The number of hydrogen-bond acceptors (Lipinski definition) is 6. The van der Waals surface area contributed by atoms with E-state index in [4.69, 9.17) is 4.74 Å². The number of carbonyl (C=O) groups excluding carboxylic acids is 2. The lowest BCUT2D eigenvalue weighted by Gasteiger charge is -2.29. The lowest BCUT2D eigenvalue weighted by atomic mass is 10.2. The highest BCUT2D eigenvalue weighted by molar-refractivity contribution is 7.99. The average Bonchev–Trinajstić information content (AvgIpc) is 2.87. The molecule has 4 aromatic rings. The van der Waals surface area contributed by atoms with Gasteiger partial charge in [0.15, 0.2) is 5.16 Å². The SMILES string of the molecule is COc1ccccc1-n1c(SCC(=O)N2CC(=O)Nc3ccccc32)nc2ccccc2c1=O. The monoisotopic (exact) mass is 472 g/mol.